The number of hydrogen-bond donors (Lipinski definition) is 1. The van der Waals surface area contributed by atoms with Crippen LogP contribution in [-0.4, -0.2) is 42.5 Å². The normalized spacial score (nSPS) is 26.9. The number of halogens is 1. The van der Waals surface area contributed by atoms with Gasteiger partial charge in [0.15, 0.2) is 5.54 Å². The summed E-state index contributed by atoms with van der Waals surface area (Å²) in [5.74, 6) is -0.131. The lowest BCUT2D eigenvalue weighted by molar-refractivity contribution is -0.534. The third-order valence-corrected chi connectivity index (χ3v) is 6.26. The number of likely N-dealkylation sites (tertiary alicyclic amines) is 1. The van der Waals surface area contributed by atoms with Crippen molar-refractivity contribution in [2.45, 2.75) is 17.5 Å². The topological polar surface area (TPSA) is 84.7 Å². The lowest BCUT2D eigenvalue weighted by atomic mass is 9.79. The lowest BCUT2D eigenvalue weighted by Crippen LogP contribution is -2.54. The minimum absolute atomic E-state index is 0.312. The summed E-state index contributed by atoms with van der Waals surface area (Å²) in [7, 11) is 3.34. The maximum absolute atomic E-state index is 13.0. The van der Waals surface area contributed by atoms with E-state index in [0.29, 0.717) is 23.5 Å². The van der Waals surface area contributed by atoms with Crippen molar-refractivity contribution >= 4 is 27.5 Å². The van der Waals surface area contributed by atoms with Gasteiger partial charge in [-0.2, -0.15) is 0 Å². The molecule has 0 aliphatic carbocycles. The highest BCUT2D eigenvalue weighted by atomic mass is 79.9. The number of rotatable bonds is 3. The Labute approximate surface area is 164 Å². The van der Waals surface area contributed by atoms with Gasteiger partial charge in [0, 0.05) is 22.7 Å². The third-order valence-electron chi connectivity index (χ3n) is 5.65. The quantitative estimate of drug-likeness (QED) is 0.596. The maximum Gasteiger partial charge on any atom is 0.256 e. The van der Waals surface area contributed by atoms with E-state index in [2.05, 4.69) is 21.2 Å². The van der Waals surface area contributed by atoms with Crippen molar-refractivity contribution < 1.29 is 14.5 Å². The largest absolute Gasteiger partial charge is 0.496 e. The van der Waals surface area contributed by atoms with Crippen LogP contribution in [0.15, 0.2) is 46.9 Å². The molecule has 1 spiro atoms. The molecular weight excluding hydrogens is 414 g/mol. The highest BCUT2D eigenvalue weighted by Gasteiger charge is 2.68. The summed E-state index contributed by atoms with van der Waals surface area (Å²) >= 11 is 3.45. The standard InChI is InChI=1S/C19H18BrN3O4/c1-22-10-12(11-7-8-16(27-2)14(20)9-11)17(23(25)26)19(22)13-5-3-4-6-15(13)21-18(19)24/h3-9,12,17H,10H2,1-2H3,(H,21,24)/t12-,17+,19-/m0/s1. The summed E-state index contributed by atoms with van der Waals surface area (Å²) in [6.07, 6.45) is 0. The van der Waals surface area contributed by atoms with Gasteiger partial charge in [0.25, 0.3) is 11.9 Å². The summed E-state index contributed by atoms with van der Waals surface area (Å²) in [5.41, 5.74) is 0.772. The van der Waals surface area contributed by atoms with E-state index >= 15 is 0 Å². The summed E-state index contributed by atoms with van der Waals surface area (Å²) in [5, 5.41) is 15.1. The number of nitrogens with zero attached hydrogens (tertiary/aromatic N) is 2. The molecule has 3 atom stereocenters. The Morgan fingerprint density at radius 2 is 2.07 bits per heavy atom. The van der Waals surface area contributed by atoms with Gasteiger partial charge in [-0.3, -0.25) is 19.8 Å². The molecule has 2 heterocycles. The summed E-state index contributed by atoms with van der Waals surface area (Å²) in [6, 6.07) is 11.5. The molecule has 2 aromatic carbocycles. The SMILES string of the molecule is COc1ccc([C@@H]2CN(C)[C@]3(C(=O)Nc4ccccc43)[C@@H]2[N+](=O)[O-])cc1Br. The van der Waals surface area contributed by atoms with E-state index in [0.717, 1.165) is 10.0 Å². The van der Waals surface area contributed by atoms with Gasteiger partial charge in [-0.25, -0.2) is 0 Å². The molecule has 1 amide bonds. The number of ether oxygens (including phenoxy) is 1. The van der Waals surface area contributed by atoms with E-state index in [9.17, 15) is 14.9 Å². The number of amides is 1. The zero-order valence-electron chi connectivity index (χ0n) is 14.8. The number of carbonyl (C=O) groups is 1. The van der Waals surface area contributed by atoms with E-state index in [-0.39, 0.29) is 10.8 Å². The number of anilines is 1. The number of carbonyl (C=O) groups excluding carboxylic acids is 1. The molecule has 2 aromatic rings. The first-order valence-corrected chi connectivity index (χ1v) is 9.29. The van der Waals surface area contributed by atoms with Crippen LogP contribution in [0.1, 0.15) is 17.0 Å². The molecule has 1 N–H and O–H groups in total. The minimum Gasteiger partial charge on any atom is -0.496 e. The summed E-state index contributed by atoms with van der Waals surface area (Å²) < 4.78 is 5.99. The maximum atomic E-state index is 13.0. The number of likely N-dealkylation sites (N-methyl/N-ethyl adjacent to an activating group) is 1. The third kappa shape index (κ3) is 2.40. The Hall–Kier alpha value is -2.45. The number of nitro groups is 1. The van der Waals surface area contributed by atoms with Crippen molar-refractivity contribution in [3.63, 3.8) is 0 Å². The number of fused-ring (bicyclic) bond motifs is 2. The van der Waals surface area contributed by atoms with Gasteiger partial charge in [0.1, 0.15) is 5.75 Å². The van der Waals surface area contributed by atoms with E-state index in [1.54, 1.807) is 32.4 Å². The summed E-state index contributed by atoms with van der Waals surface area (Å²) in [6.45, 7) is 0.395. The first-order valence-electron chi connectivity index (χ1n) is 8.50. The fourth-order valence-corrected chi connectivity index (χ4v) is 5.05. The Morgan fingerprint density at radius 3 is 2.74 bits per heavy atom. The fourth-order valence-electron chi connectivity index (χ4n) is 4.49. The molecule has 1 saturated heterocycles. The zero-order valence-corrected chi connectivity index (χ0v) is 16.4. The van der Waals surface area contributed by atoms with Gasteiger partial charge in [-0.1, -0.05) is 24.3 Å². The van der Waals surface area contributed by atoms with Crippen LogP contribution in [0.5, 0.6) is 5.75 Å². The number of benzene rings is 2. The van der Waals surface area contributed by atoms with Crippen molar-refractivity contribution in [3.05, 3.63) is 68.2 Å². The Balaban J connectivity index is 1.87. The molecule has 1 fully saturated rings. The molecule has 27 heavy (non-hydrogen) atoms. The molecule has 140 valence electrons. The fraction of sp³-hybridized carbons (Fsp3) is 0.316. The Kier molecular flexibility index (Phi) is 4.20. The van der Waals surface area contributed by atoms with Gasteiger partial charge in [-0.15, -0.1) is 0 Å². The van der Waals surface area contributed by atoms with Gasteiger partial charge in [0.05, 0.1) is 17.5 Å². The average Bonchev–Trinajstić information content (AvgIpc) is 3.11. The van der Waals surface area contributed by atoms with Crippen LogP contribution < -0.4 is 10.1 Å². The highest BCUT2D eigenvalue weighted by Crippen LogP contribution is 2.52. The second-order valence-corrected chi connectivity index (χ2v) is 7.73. The van der Waals surface area contributed by atoms with Crippen molar-refractivity contribution in [2.75, 3.05) is 26.0 Å². The molecule has 2 aliphatic heterocycles. The Bertz CT molecular complexity index is 950. The van der Waals surface area contributed by atoms with E-state index in [4.69, 9.17) is 4.74 Å². The minimum atomic E-state index is -1.32. The van der Waals surface area contributed by atoms with E-state index in [1.807, 2.05) is 29.2 Å². The van der Waals surface area contributed by atoms with Gasteiger partial charge < -0.3 is 10.1 Å². The Morgan fingerprint density at radius 1 is 1.33 bits per heavy atom. The number of methoxy groups -OCH3 is 1. The molecule has 0 aromatic heterocycles. The molecule has 0 unspecified atom stereocenters. The molecule has 8 heteroatoms. The van der Waals surface area contributed by atoms with Crippen LogP contribution in [0.2, 0.25) is 0 Å². The molecule has 2 aliphatic rings. The van der Waals surface area contributed by atoms with Crippen molar-refractivity contribution in [1.29, 1.82) is 0 Å². The van der Waals surface area contributed by atoms with Crippen LogP contribution in [0.4, 0.5) is 5.69 Å². The van der Waals surface area contributed by atoms with E-state index in [1.165, 1.54) is 0 Å². The van der Waals surface area contributed by atoms with Crippen molar-refractivity contribution in [3.8, 4) is 5.75 Å². The van der Waals surface area contributed by atoms with Crippen LogP contribution in [0, 0.1) is 10.1 Å². The smallest absolute Gasteiger partial charge is 0.256 e. The monoisotopic (exact) mass is 431 g/mol. The van der Waals surface area contributed by atoms with Crippen LogP contribution in [0.3, 0.4) is 0 Å². The van der Waals surface area contributed by atoms with Gasteiger partial charge in [-0.05, 0) is 46.7 Å². The van der Waals surface area contributed by atoms with Crippen molar-refractivity contribution in [2.24, 2.45) is 0 Å². The number of para-hydroxylation sites is 1. The van der Waals surface area contributed by atoms with Crippen LogP contribution in [0.25, 0.3) is 0 Å². The second-order valence-electron chi connectivity index (χ2n) is 6.88. The first kappa shape index (κ1) is 17.9. The molecular formula is C19H18BrN3O4. The first-order chi connectivity index (χ1) is 12.9. The average molecular weight is 432 g/mol. The van der Waals surface area contributed by atoms with Crippen LogP contribution in [-0.2, 0) is 10.3 Å². The lowest BCUT2D eigenvalue weighted by Gasteiger charge is -2.30. The zero-order chi connectivity index (χ0) is 19.3. The molecule has 7 nitrogen and oxygen atoms in total. The summed E-state index contributed by atoms with van der Waals surface area (Å²) in [4.78, 5) is 26.8. The van der Waals surface area contributed by atoms with Gasteiger partial charge >= 0.3 is 0 Å². The predicted molar refractivity (Wildman–Crippen MR) is 104 cm³/mol. The van der Waals surface area contributed by atoms with Gasteiger partial charge in [0.2, 0.25) is 0 Å². The molecule has 0 radical (unpaired) electrons. The molecule has 0 bridgehead atoms. The second kappa shape index (κ2) is 6.31. The predicted octanol–water partition coefficient (Wildman–Crippen LogP) is 2.98. The highest BCUT2D eigenvalue weighted by molar-refractivity contribution is 9.10. The molecule has 0 saturated carbocycles. The number of hydrogen-bond acceptors (Lipinski definition) is 5. The van der Waals surface area contributed by atoms with Crippen molar-refractivity contribution in [1.82, 2.24) is 4.90 Å². The van der Waals surface area contributed by atoms with Crippen LogP contribution >= 0.6 is 15.9 Å². The molecule has 4 rings (SSSR count). The van der Waals surface area contributed by atoms with E-state index < -0.39 is 17.5 Å². The number of nitrogens with one attached hydrogen (secondary N) is 1.